The Balaban J connectivity index is 4.22. The minimum atomic E-state index is -0.190. The van der Waals surface area contributed by atoms with Crippen LogP contribution in [0.3, 0.4) is 0 Å². The summed E-state index contributed by atoms with van der Waals surface area (Å²) in [6.45, 7) is 4.83. The van der Waals surface area contributed by atoms with Crippen molar-refractivity contribution in [3.8, 4) is 6.07 Å². The molecule has 0 N–H and O–H groups in total. The molecule has 0 saturated carbocycles. The highest BCUT2D eigenvalue weighted by Gasteiger charge is 1.98. The average molecular weight is 135 g/mol. The first-order chi connectivity index (χ1) is 4.72. The fourth-order valence-corrected chi connectivity index (χ4v) is 0.469. The summed E-state index contributed by atoms with van der Waals surface area (Å²) in [6.07, 6.45) is 3.78. The van der Waals surface area contributed by atoms with Gasteiger partial charge in [0.2, 0.25) is 0 Å². The van der Waals surface area contributed by atoms with Crippen LogP contribution in [0, 0.1) is 11.3 Å². The molecule has 52 valence electrons. The lowest BCUT2D eigenvalue weighted by Crippen LogP contribution is -1.92. The summed E-state index contributed by atoms with van der Waals surface area (Å²) >= 11 is 0. The zero-order chi connectivity index (χ0) is 7.98. The summed E-state index contributed by atoms with van der Waals surface area (Å²) in [6, 6.07) is 1.80. The van der Waals surface area contributed by atoms with Crippen LogP contribution in [0.2, 0.25) is 0 Å². The lowest BCUT2D eigenvalue weighted by Gasteiger charge is -1.86. The molecule has 0 bridgehead atoms. The SMILES string of the molecule is C=CCC=C(C#N)C(C)=O. The van der Waals surface area contributed by atoms with Gasteiger partial charge >= 0.3 is 0 Å². The van der Waals surface area contributed by atoms with E-state index in [4.69, 9.17) is 5.26 Å². The van der Waals surface area contributed by atoms with E-state index in [-0.39, 0.29) is 11.4 Å². The molecule has 0 spiro atoms. The van der Waals surface area contributed by atoms with Gasteiger partial charge < -0.3 is 0 Å². The van der Waals surface area contributed by atoms with Crippen molar-refractivity contribution in [1.82, 2.24) is 0 Å². The Labute approximate surface area is 60.5 Å². The Bertz CT molecular complexity index is 208. The van der Waals surface area contributed by atoms with E-state index >= 15 is 0 Å². The Morgan fingerprint density at radius 3 is 2.70 bits per heavy atom. The van der Waals surface area contributed by atoms with E-state index in [2.05, 4.69) is 6.58 Å². The van der Waals surface area contributed by atoms with Gasteiger partial charge in [-0.25, -0.2) is 0 Å². The number of carbonyl (C=O) groups is 1. The predicted octanol–water partition coefficient (Wildman–Crippen LogP) is 1.60. The summed E-state index contributed by atoms with van der Waals surface area (Å²) in [4.78, 5) is 10.6. The molecular weight excluding hydrogens is 126 g/mol. The van der Waals surface area contributed by atoms with Crippen molar-refractivity contribution in [3.63, 3.8) is 0 Å². The van der Waals surface area contributed by atoms with Crippen molar-refractivity contribution in [2.45, 2.75) is 13.3 Å². The third-order valence-electron chi connectivity index (χ3n) is 0.988. The summed E-state index contributed by atoms with van der Waals surface area (Å²) in [5.41, 5.74) is 0.208. The molecule has 0 aliphatic carbocycles. The second-order valence-electron chi connectivity index (χ2n) is 1.81. The summed E-state index contributed by atoms with van der Waals surface area (Å²) in [7, 11) is 0. The molecule has 0 aromatic heterocycles. The summed E-state index contributed by atoms with van der Waals surface area (Å²) < 4.78 is 0. The number of hydrogen-bond donors (Lipinski definition) is 0. The normalized spacial score (nSPS) is 10.2. The standard InChI is InChI=1S/C8H9NO/c1-3-4-5-8(6-9)7(2)10/h3,5H,1,4H2,2H3. The third kappa shape index (κ3) is 2.83. The van der Waals surface area contributed by atoms with Crippen LogP contribution in [0.25, 0.3) is 0 Å². The molecule has 0 amide bonds. The first-order valence-corrected chi connectivity index (χ1v) is 2.94. The van der Waals surface area contributed by atoms with Gasteiger partial charge in [0.15, 0.2) is 5.78 Å². The molecule has 2 nitrogen and oxygen atoms in total. The van der Waals surface area contributed by atoms with Crippen LogP contribution in [-0.2, 0) is 4.79 Å². The number of carbonyl (C=O) groups excluding carboxylic acids is 1. The molecule has 10 heavy (non-hydrogen) atoms. The maximum atomic E-state index is 10.6. The fourth-order valence-electron chi connectivity index (χ4n) is 0.469. The smallest absolute Gasteiger partial charge is 0.169 e. The van der Waals surface area contributed by atoms with E-state index in [1.165, 1.54) is 6.92 Å². The number of hydrogen-bond acceptors (Lipinski definition) is 2. The summed E-state index contributed by atoms with van der Waals surface area (Å²) in [5.74, 6) is -0.190. The van der Waals surface area contributed by atoms with E-state index in [1.54, 1.807) is 18.2 Å². The molecule has 0 heterocycles. The van der Waals surface area contributed by atoms with Gasteiger partial charge in [-0.15, -0.1) is 6.58 Å². The molecule has 0 radical (unpaired) electrons. The van der Waals surface area contributed by atoms with Gasteiger partial charge in [-0.1, -0.05) is 12.2 Å². The van der Waals surface area contributed by atoms with Crippen LogP contribution < -0.4 is 0 Å². The monoisotopic (exact) mass is 135 g/mol. The molecule has 0 saturated heterocycles. The Morgan fingerprint density at radius 1 is 1.80 bits per heavy atom. The second-order valence-corrected chi connectivity index (χ2v) is 1.81. The number of nitrogens with zero attached hydrogens (tertiary/aromatic N) is 1. The maximum absolute atomic E-state index is 10.6. The highest BCUT2D eigenvalue weighted by molar-refractivity contribution is 5.97. The highest BCUT2D eigenvalue weighted by Crippen LogP contribution is 1.96. The van der Waals surface area contributed by atoms with Crippen molar-refractivity contribution in [1.29, 1.82) is 5.26 Å². The first kappa shape index (κ1) is 8.64. The van der Waals surface area contributed by atoms with Crippen LogP contribution in [-0.4, -0.2) is 5.78 Å². The zero-order valence-electron chi connectivity index (χ0n) is 5.92. The molecule has 0 aromatic rings. The number of allylic oxidation sites excluding steroid dienone is 3. The molecule has 0 atom stereocenters. The Morgan fingerprint density at radius 2 is 2.40 bits per heavy atom. The van der Waals surface area contributed by atoms with Crippen LogP contribution >= 0.6 is 0 Å². The van der Waals surface area contributed by atoms with Crippen LogP contribution in [0.5, 0.6) is 0 Å². The van der Waals surface area contributed by atoms with Crippen LogP contribution in [0.1, 0.15) is 13.3 Å². The highest BCUT2D eigenvalue weighted by atomic mass is 16.1. The first-order valence-electron chi connectivity index (χ1n) is 2.94. The molecule has 0 rings (SSSR count). The van der Waals surface area contributed by atoms with Gasteiger partial charge in [-0.05, 0) is 13.3 Å². The zero-order valence-corrected chi connectivity index (χ0v) is 5.92. The maximum Gasteiger partial charge on any atom is 0.169 e. The largest absolute Gasteiger partial charge is 0.294 e. The van der Waals surface area contributed by atoms with Crippen molar-refractivity contribution in [3.05, 3.63) is 24.3 Å². The van der Waals surface area contributed by atoms with Gasteiger partial charge in [0, 0.05) is 0 Å². The lowest BCUT2D eigenvalue weighted by molar-refractivity contribution is -0.113. The van der Waals surface area contributed by atoms with Crippen LogP contribution in [0.4, 0.5) is 0 Å². The minimum Gasteiger partial charge on any atom is -0.294 e. The van der Waals surface area contributed by atoms with Gasteiger partial charge in [0.1, 0.15) is 6.07 Å². The lowest BCUT2D eigenvalue weighted by atomic mass is 10.2. The van der Waals surface area contributed by atoms with Crippen molar-refractivity contribution < 1.29 is 4.79 Å². The third-order valence-corrected chi connectivity index (χ3v) is 0.988. The molecular formula is C8H9NO. The van der Waals surface area contributed by atoms with Crippen molar-refractivity contribution >= 4 is 5.78 Å². The van der Waals surface area contributed by atoms with Crippen molar-refractivity contribution in [2.24, 2.45) is 0 Å². The molecule has 2 heteroatoms. The predicted molar refractivity (Wildman–Crippen MR) is 39.2 cm³/mol. The second kappa shape index (κ2) is 4.51. The minimum absolute atomic E-state index is 0.190. The van der Waals surface area contributed by atoms with Gasteiger partial charge in [-0.3, -0.25) is 4.79 Å². The molecule has 0 aromatic carbocycles. The number of ketones is 1. The Kier molecular flexibility index (Phi) is 3.90. The molecule has 0 aliphatic heterocycles. The molecule has 0 fully saturated rings. The van der Waals surface area contributed by atoms with E-state index < -0.39 is 0 Å². The van der Waals surface area contributed by atoms with Crippen LogP contribution in [0.15, 0.2) is 24.3 Å². The van der Waals surface area contributed by atoms with E-state index in [0.29, 0.717) is 6.42 Å². The van der Waals surface area contributed by atoms with Gasteiger partial charge in [0.05, 0.1) is 5.57 Å². The Hall–Kier alpha value is -1.36. The summed E-state index contributed by atoms with van der Waals surface area (Å²) in [5, 5.41) is 8.35. The van der Waals surface area contributed by atoms with E-state index in [1.807, 2.05) is 0 Å². The average Bonchev–Trinajstić information content (AvgIpc) is 1.89. The van der Waals surface area contributed by atoms with E-state index in [9.17, 15) is 4.79 Å². The van der Waals surface area contributed by atoms with E-state index in [0.717, 1.165) is 0 Å². The van der Waals surface area contributed by atoms with Gasteiger partial charge in [0.25, 0.3) is 0 Å². The molecule has 0 unspecified atom stereocenters. The van der Waals surface area contributed by atoms with Gasteiger partial charge in [-0.2, -0.15) is 5.26 Å². The number of Topliss-reactive ketones (excluding diaryl/α,β-unsaturated/α-hetero) is 1. The fraction of sp³-hybridized carbons (Fsp3) is 0.250. The molecule has 0 aliphatic rings. The van der Waals surface area contributed by atoms with Crippen molar-refractivity contribution in [2.75, 3.05) is 0 Å². The number of rotatable bonds is 3. The number of nitriles is 1. The topological polar surface area (TPSA) is 40.9 Å². The quantitative estimate of drug-likeness (QED) is 0.335.